The average molecular weight is 476 g/mol. The lowest BCUT2D eigenvalue weighted by Crippen LogP contribution is -2.45. The van der Waals surface area contributed by atoms with Crippen LogP contribution in [0.5, 0.6) is 0 Å². The van der Waals surface area contributed by atoms with E-state index in [0.717, 1.165) is 28.7 Å². The predicted molar refractivity (Wildman–Crippen MR) is 115 cm³/mol. The van der Waals surface area contributed by atoms with Crippen molar-refractivity contribution >= 4 is 45.0 Å². The maximum atomic E-state index is 12.7. The van der Waals surface area contributed by atoms with Crippen molar-refractivity contribution < 1.29 is 9.59 Å². The summed E-state index contributed by atoms with van der Waals surface area (Å²) in [4.78, 5) is 31.7. The third kappa shape index (κ3) is 4.62. The van der Waals surface area contributed by atoms with Gasteiger partial charge in [0.1, 0.15) is 5.65 Å². The van der Waals surface area contributed by atoms with Crippen LogP contribution in [-0.2, 0) is 11.3 Å². The monoisotopic (exact) mass is 474 g/mol. The van der Waals surface area contributed by atoms with Gasteiger partial charge in [-0.25, -0.2) is 4.98 Å². The highest BCUT2D eigenvalue weighted by molar-refractivity contribution is 9.10. The number of rotatable bonds is 4. The fourth-order valence-corrected chi connectivity index (χ4v) is 4.05. The van der Waals surface area contributed by atoms with Gasteiger partial charge in [0.2, 0.25) is 5.91 Å². The first-order valence-electron chi connectivity index (χ1n) is 9.45. The first kappa shape index (κ1) is 19.9. The van der Waals surface area contributed by atoms with Gasteiger partial charge in [-0.1, -0.05) is 11.6 Å². The molecule has 8 heteroatoms. The van der Waals surface area contributed by atoms with Gasteiger partial charge in [0.05, 0.1) is 18.2 Å². The number of piperidine rings is 1. The van der Waals surface area contributed by atoms with Crippen molar-refractivity contribution in [1.82, 2.24) is 19.6 Å². The lowest BCUT2D eigenvalue weighted by atomic mass is 9.96. The molecule has 1 saturated heterocycles. The van der Waals surface area contributed by atoms with E-state index in [0.29, 0.717) is 30.2 Å². The van der Waals surface area contributed by atoms with Crippen molar-refractivity contribution in [2.75, 3.05) is 13.1 Å². The van der Waals surface area contributed by atoms with Crippen LogP contribution in [0.4, 0.5) is 0 Å². The van der Waals surface area contributed by atoms with E-state index in [-0.39, 0.29) is 17.7 Å². The number of benzene rings is 1. The molecule has 150 valence electrons. The minimum atomic E-state index is -0.217. The second kappa shape index (κ2) is 8.55. The second-order valence-electron chi connectivity index (χ2n) is 7.16. The maximum Gasteiger partial charge on any atom is 0.253 e. The summed E-state index contributed by atoms with van der Waals surface area (Å²) in [6, 6.07) is 10.7. The van der Waals surface area contributed by atoms with Crippen molar-refractivity contribution in [3.05, 3.63) is 69.5 Å². The van der Waals surface area contributed by atoms with E-state index in [2.05, 4.69) is 26.2 Å². The molecule has 0 radical (unpaired) electrons. The number of likely N-dealkylation sites (tertiary alicyclic amines) is 1. The largest absolute Gasteiger partial charge is 0.350 e. The van der Waals surface area contributed by atoms with Crippen molar-refractivity contribution in [3.8, 4) is 0 Å². The third-order valence-corrected chi connectivity index (χ3v) is 5.80. The number of amides is 2. The molecule has 2 amide bonds. The van der Waals surface area contributed by atoms with E-state index in [4.69, 9.17) is 11.6 Å². The summed E-state index contributed by atoms with van der Waals surface area (Å²) < 4.78 is 2.88. The van der Waals surface area contributed by atoms with Gasteiger partial charge < -0.3 is 14.6 Å². The molecule has 6 nitrogen and oxygen atoms in total. The summed E-state index contributed by atoms with van der Waals surface area (Å²) in [6.45, 7) is 1.44. The number of hydrogen-bond donors (Lipinski definition) is 1. The van der Waals surface area contributed by atoms with Crippen molar-refractivity contribution in [2.45, 2.75) is 19.4 Å². The molecular weight excluding hydrogens is 456 g/mol. The molecule has 4 rings (SSSR count). The van der Waals surface area contributed by atoms with Gasteiger partial charge in [-0.05, 0) is 65.2 Å². The Hall–Kier alpha value is -2.38. The Morgan fingerprint density at radius 3 is 2.76 bits per heavy atom. The molecule has 3 heterocycles. The zero-order valence-corrected chi connectivity index (χ0v) is 18.0. The molecule has 29 heavy (non-hydrogen) atoms. The molecule has 0 spiro atoms. The number of nitrogens with one attached hydrogen (secondary N) is 1. The first-order chi connectivity index (χ1) is 14.0. The van der Waals surface area contributed by atoms with Crippen LogP contribution in [0, 0.1) is 5.92 Å². The average Bonchev–Trinajstić information content (AvgIpc) is 3.14. The van der Waals surface area contributed by atoms with Gasteiger partial charge >= 0.3 is 0 Å². The predicted octanol–water partition coefficient (Wildman–Crippen LogP) is 3.92. The smallest absolute Gasteiger partial charge is 0.253 e. The van der Waals surface area contributed by atoms with Crippen LogP contribution in [0.15, 0.2) is 53.3 Å². The van der Waals surface area contributed by atoms with Gasteiger partial charge in [-0.3, -0.25) is 9.59 Å². The minimum Gasteiger partial charge on any atom is -0.350 e. The minimum absolute atomic E-state index is 0.0446. The van der Waals surface area contributed by atoms with E-state index in [1.165, 1.54) is 0 Å². The summed E-state index contributed by atoms with van der Waals surface area (Å²) in [7, 11) is 0. The number of fused-ring (bicyclic) bond motifs is 1. The first-order valence-corrected chi connectivity index (χ1v) is 10.6. The number of carbonyl (C=O) groups is 2. The van der Waals surface area contributed by atoms with Gasteiger partial charge in [0.25, 0.3) is 5.91 Å². The highest BCUT2D eigenvalue weighted by Crippen LogP contribution is 2.20. The molecule has 1 unspecified atom stereocenters. The van der Waals surface area contributed by atoms with Crippen molar-refractivity contribution in [2.24, 2.45) is 5.92 Å². The SMILES string of the molecule is O=C(NCc1cn2cc(Br)ccc2n1)C1CCCN(C(=O)c2ccc(Cl)cc2)C1. The number of hydrogen-bond acceptors (Lipinski definition) is 3. The number of carbonyl (C=O) groups excluding carboxylic acids is 2. The van der Waals surface area contributed by atoms with Crippen LogP contribution >= 0.6 is 27.5 Å². The van der Waals surface area contributed by atoms with Crippen LogP contribution in [0.2, 0.25) is 5.02 Å². The Labute approximate surface area is 182 Å². The molecule has 3 aromatic rings. The molecule has 2 aromatic heterocycles. The highest BCUT2D eigenvalue weighted by atomic mass is 79.9. The van der Waals surface area contributed by atoms with Gasteiger partial charge in [-0.15, -0.1) is 0 Å². The zero-order valence-electron chi connectivity index (χ0n) is 15.6. The Morgan fingerprint density at radius 1 is 1.17 bits per heavy atom. The standard InChI is InChI=1S/C21H20BrClN4O2/c22-16-5-8-19-25-18(13-27(19)12-16)10-24-20(28)15-2-1-9-26(11-15)21(29)14-3-6-17(23)7-4-14/h3-8,12-13,15H,1-2,9-11H2,(H,24,28). The highest BCUT2D eigenvalue weighted by Gasteiger charge is 2.28. The third-order valence-electron chi connectivity index (χ3n) is 5.08. The molecule has 1 aromatic carbocycles. The topological polar surface area (TPSA) is 66.7 Å². The van der Waals surface area contributed by atoms with Crippen molar-refractivity contribution in [1.29, 1.82) is 0 Å². The summed E-state index contributed by atoms with van der Waals surface area (Å²) >= 11 is 9.34. The summed E-state index contributed by atoms with van der Waals surface area (Å²) in [5, 5.41) is 3.56. The molecule has 1 aliphatic rings. The summed E-state index contributed by atoms with van der Waals surface area (Å²) in [6.07, 6.45) is 5.40. The van der Waals surface area contributed by atoms with E-state index in [1.54, 1.807) is 29.2 Å². The summed E-state index contributed by atoms with van der Waals surface area (Å²) in [5.41, 5.74) is 2.21. The molecule has 1 N–H and O–H groups in total. The van der Waals surface area contributed by atoms with Crippen LogP contribution in [0.25, 0.3) is 5.65 Å². The fourth-order valence-electron chi connectivity index (χ4n) is 3.58. The molecule has 1 atom stereocenters. The molecular formula is C21H20BrClN4O2. The van der Waals surface area contributed by atoms with Gasteiger partial charge in [-0.2, -0.15) is 0 Å². The zero-order chi connectivity index (χ0) is 20.4. The van der Waals surface area contributed by atoms with E-state index in [9.17, 15) is 9.59 Å². The Kier molecular flexibility index (Phi) is 5.87. The summed E-state index contributed by atoms with van der Waals surface area (Å²) in [5.74, 6) is -0.326. The lowest BCUT2D eigenvalue weighted by molar-refractivity contribution is -0.126. The molecule has 1 fully saturated rings. The molecule has 0 aliphatic carbocycles. The van der Waals surface area contributed by atoms with Gasteiger partial charge in [0.15, 0.2) is 0 Å². The molecule has 0 bridgehead atoms. The number of aromatic nitrogens is 2. The van der Waals surface area contributed by atoms with Gasteiger partial charge in [0, 0.05) is 40.5 Å². The Bertz CT molecular complexity index is 1050. The lowest BCUT2D eigenvalue weighted by Gasteiger charge is -2.32. The van der Waals surface area contributed by atoms with Crippen LogP contribution in [-0.4, -0.2) is 39.2 Å². The quantitative estimate of drug-likeness (QED) is 0.622. The van der Waals surface area contributed by atoms with Crippen LogP contribution < -0.4 is 5.32 Å². The second-order valence-corrected chi connectivity index (χ2v) is 8.51. The number of halogens is 2. The van der Waals surface area contributed by atoms with Crippen LogP contribution in [0.1, 0.15) is 28.9 Å². The van der Waals surface area contributed by atoms with E-state index >= 15 is 0 Å². The van der Waals surface area contributed by atoms with E-state index < -0.39 is 0 Å². The molecule has 1 aliphatic heterocycles. The van der Waals surface area contributed by atoms with E-state index in [1.807, 2.05) is 28.9 Å². The Morgan fingerprint density at radius 2 is 1.97 bits per heavy atom. The molecule has 0 saturated carbocycles. The Balaban J connectivity index is 1.36. The number of imidazole rings is 1. The van der Waals surface area contributed by atoms with Crippen molar-refractivity contribution in [3.63, 3.8) is 0 Å². The number of nitrogens with zero attached hydrogens (tertiary/aromatic N) is 3. The normalized spacial score (nSPS) is 16.8. The fraction of sp³-hybridized carbons (Fsp3) is 0.286. The number of pyridine rings is 1. The maximum absolute atomic E-state index is 12.7. The van der Waals surface area contributed by atoms with Crippen LogP contribution in [0.3, 0.4) is 0 Å².